The van der Waals surface area contributed by atoms with E-state index in [0.29, 0.717) is 5.90 Å². The minimum atomic E-state index is -1.02. The van der Waals surface area contributed by atoms with Crippen LogP contribution in [0.2, 0.25) is 0 Å². The van der Waals surface area contributed by atoms with Crippen LogP contribution in [0.25, 0.3) is 0 Å². The highest BCUT2D eigenvalue weighted by Gasteiger charge is 2.50. The molecule has 1 amide bonds. The summed E-state index contributed by atoms with van der Waals surface area (Å²) in [4.78, 5) is 16.8. The van der Waals surface area contributed by atoms with Crippen molar-refractivity contribution in [3.05, 3.63) is 71.8 Å². The van der Waals surface area contributed by atoms with Gasteiger partial charge in [-0.3, -0.25) is 4.79 Å². The highest BCUT2D eigenvalue weighted by molar-refractivity contribution is 6.09. The Morgan fingerprint density at radius 2 is 1.52 bits per heavy atom. The van der Waals surface area contributed by atoms with Gasteiger partial charge in [-0.2, -0.15) is 4.99 Å². The van der Waals surface area contributed by atoms with Gasteiger partial charge in [0.25, 0.3) is 5.91 Å². The number of rotatable bonds is 3. The van der Waals surface area contributed by atoms with Crippen molar-refractivity contribution >= 4 is 11.8 Å². The van der Waals surface area contributed by atoms with Gasteiger partial charge in [-0.15, -0.1) is 0 Å². The topological polar surface area (TPSA) is 38.7 Å². The lowest BCUT2D eigenvalue weighted by Gasteiger charge is -2.30. The number of nitrogens with zero attached hydrogens (tertiary/aromatic N) is 1. The van der Waals surface area contributed by atoms with E-state index in [1.165, 1.54) is 0 Å². The zero-order valence-electron chi connectivity index (χ0n) is 12.1. The summed E-state index contributed by atoms with van der Waals surface area (Å²) in [5, 5.41) is 0. The van der Waals surface area contributed by atoms with Crippen LogP contribution in [-0.2, 0) is 15.1 Å². The molecular weight excluding hydrogens is 262 g/mol. The molecule has 3 rings (SSSR count). The van der Waals surface area contributed by atoms with Gasteiger partial charge in [0.1, 0.15) is 0 Å². The largest absolute Gasteiger partial charge is 0.455 e. The standard InChI is InChI=1S/C18H17NO2/c1-13(2)18(15-11-7-4-8-12-15)17(20)19-16(21-18)14-9-5-3-6-10-14/h3-13H,1-2H3/t18-/m1/s1. The Hall–Kier alpha value is -2.42. The van der Waals surface area contributed by atoms with Crippen molar-refractivity contribution in [2.45, 2.75) is 19.4 Å². The molecule has 21 heavy (non-hydrogen) atoms. The molecule has 0 unspecified atom stereocenters. The summed E-state index contributed by atoms with van der Waals surface area (Å²) < 4.78 is 6.10. The molecule has 3 nitrogen and oxygen atoms in total. The van der Waals surface area contributed by atoms with Gasteiger partial charge in [-0.05, 0) is 12.1 Å². The number of benzene rings is 2. The van der Waals surface area contributed by atoms with E-state index in [0.717, 1.165) is 11.1 Å². The van der Waals surface area contributed by atoms with Crippen LogP contribution in [0.3, 0.4) is 0 Å². The number of aliphatic imine (C=N–C) groups is 1. The molecule has 0 saturated carbocycles. The zero-order valence-corrected chi connectivity index (χ0v) is 12.1. The summed E-state index contributed by atoms with van der Waals surface area (Å²) >= 11 is 0. The molecule has 1 aliphatic rings. The van der Waals surface area contributed by atoms with Crippen LogP contribution < -0.4 is 0 Å². The summed E-state index contributed by atoms with van der Waals surface area (Å²) in [5.41, 5.74) is 0.649. The van der Waals surface area contributed by atoms with Gasteiger partial charge in [0, 0.05) is 17.0 Å². The van der Waals surface area contributed by atoms with Crippen molar-refractivity contribution in [3.8, 4) is 0 Å². The van der Waals surface area contributed by atoms with Crippen LogP contribution in [0, 0.1) is 5.92 Å². The molecule has 0 aromatic heterocycles. The van der Waals surface area contributed by atoms with E-state index in [2.05, 4.69) is 4.99 Å². The highest BCUT2D eigenvalue weighted by atomic mass is 16.5. The molecule has 2 aromatic carbocycles. The van der Waals surface area contributed by atoms with Crippen molar-refractivity contribution < 1.29 is 9.53 Å². The van der Waals surface area contributed by atoms with Crippen LogP contribution in [0.4, 0.5) is 0 Å². The van der Waals surface area contributed by atoms with Gasteiger partial charge in [0.15, 0.2) is 0 Å². The molecule has 0 spiro atoms. The third-order valence-electron chi connectivity index (χ3n) is 3.81. The zero-order chi connectivity index (χ0) is 14.9. The van der Waals surface area contributed by atoms with E-state index in [-0.39, 0.29) is 11.8 Å². The monoisotopic (exact) mass is 279 g/mol. The lowest BCUT2D eigenvalue weighted by Crippen LogP contribution is -2.39. The van der Waals surface area contributed by atoms with Gasteiger partial charge in [-0.1, -0.05) is 62.4 Å². The summed E-state index contributed by atoms with van der Waals surface area (Å²) in [6, 6.07) is 19.1. The van der Waals surface area contributed by atoms with Crippen molar-refractivity contribution in [2.24, 2.45) is 10.9 Å². The van der Waals surface area contributed by atoms with Gasteiger partial charge < -0.3 is 4.74 Å². The molecule has 0 fully saturated rings. The number of carbonyl (C=O) groups is 1. The van der Waals surface area contributed by atoms with E-state index in [1.54, 1.807) is 0 Å². The molecule has 106 valence electrons. The Morgan fingerprint density at radius 3 is 2.10 bits per heavy atom. The second-order valence-corrected chi connectivity index (χ2v) is 5.45. The first-order valence-electron chi connectivity index (χ1n) is 7.07. The van der Waals surface area contributed by atoms with E-state index in [1.807, 2.05) is 74.5 Å². The molecule has 1 atom stereocenters. The molecule has 0 saturated heterocycles. The quantitative estimate of drug-likeness (QED) is 0.862. The first-order valence-corrected chi connectivity index (χ1v) is 7.07. The average Bonchev–Trinajstić information content (AvgIpc) is 2.88. The minimum absolute atomic E-state index is 0.0163. The Labute approximate surface area is 124 Å². The fraction of sp³-hybridized carbons (Fsp3) is 0.222. The van der Waals surface area contributed by atoms with Crippen molar-refractivity contribution in [3.63, 3.8) is 0 Å². The van der Waals surface area contributed by atoms with Crippen LogP contribution >= 0.6 is 0 Å². The number of carbonyl (C=O) groups excluding carboxylic acids is 1. The Kier molecular flexibility index (Phi) is 3.34. The van der Waals surface area contributed by atoms with Crippen molar-refractivity contribution in [1.29, 1.82) is 0 Å². The molecule has 3 heteroatoms. The normalized spacial score (nSPS) is 21.3. The van der Waals surface area contributed by atoms with E-state index in [9.17, 15) is 4.79 Å². The Morgan fingerprint density at radius 1 is 0.952 bits per heavy atom. The third kappa shape index (κ3) is 2.15. The Balaban J connectivity index is 2.05. The van der Waals surface area contributed by atoms with Gasteiger partial charge in [0.05, 0.1) is 0 Å². The SMILES string of the molecule is CC(C)[C@]1(c2ccccc2)OC(c2ccccc2)=NC1=O. The van der Waals surface area contributed by atoms with Crippen LogP contribution in [-0.4, -0.2) is 11.8 Å². The van der Waals surface area contributed by atoms with Gasteiger partial charge >= 0.3 is 0 Å². The van der Waals surface area contributed by atoms with E-state index in [4.69, 9.17) is 4.74 Å². The predicted molar refractivity (Wildman–Crippen MR) is 82.0 cm³/mol. The highest BCUT2D eigenvalue weighted by Crippen LogP contribution is 2.39. The third-order valence-corrected chi connectivity index (χ3v) is 3.81. The second-order valence-electron chi connectivity index (χ2n) is 5.45. The molecule has 0 N–H and O–H groups in total. The number of amides is 1. The first-order chi connectivity index (χ1) is 10.1. The lowest BCUT2D eigenvalue weighted by molar-refractivity contribution is -0.135. The smallest absolute Gasteiger partial charge is 0.298 e. The maximum atomic E-state index is 12.6. The first kappa shape index (κ1) is 13.6. The molecule has 0 radical (unpaired) electrons. The number of hydrogen-bond acceptors (Lipinski definition) is 2. The molecular formula is C18H17NO2. The van der Waals surface area contributed by atoms with E-state index < -0.39 is 5.60 Å². The van der Waals surface area contributed by atoms with Crippen LogP contribution in [0.15, 0.2) is 65.7 Å². The fourth-order valence-electron chi connectivity index (χ4n) is 2.66. The van der Waals surface area contributed by atoms with Gasteiger partial charge in [-0.25, -0.2) is 0 Å². The molecule has 0 aliphatic carbocycles. The van der Waals surface area contributed by atoms with Crippen molar-refractivity contribution in [1.82, 2.24) is 0 Å². The number of hydrogen-bond donors (Lipinski definition) is 0. The minimum Gasteiger partial charge on any atom is -0.455 e. The molecule has 1 heterocycles. The average molecular weight is 279 g/mol. The summed E-state index contributed by atoms with van der Waals surface area (Å²) in [5.74, 6) is 0.151. The summed E-state index contributed by atoms with van der Waals surface area (Å²) in [7, 11) is 0. The number of ether oxygens (including phenoxy) is 1. The maximum Gasteiger partial charge on any atom is 0.298 e. The summed E-state index contributed by atoms with van der Waals surface area (Å²) in [6.07, 6.45) is 0. The summed E-state index contributed by atoms with van der Waals surface area (Å²) in [6.45, 7) is 3.96. The lowest BCUT2D eigenvalue weighted by atomic mass is 9.83. The molecule has 0 bridgehead atoms. The van der Waals surface area contributed by atoms with Crippen LogP contribution in [0.1, 0.15) is 25.0 Å². The second kappa shape index (κ2) is 5.17. The van der Waals surface area contributed by atoms with Crippen molar-refractivity contribution in [2.75, 3.05) is 0 Å². The van der Waals surface area contributed by atoms with Crippen LogP contribution in [0.5, 0.6) is 0 Å². The fourth-order valence-corrected chi connectivity index (χ4v) is 2.66. The predicted octanol–water partition coefficient (Wildman–Crippen LogP) is 3.54. The maximum absolute atomic E-state index is 12.6. The van der Waals surface area contributed by atoms with E-state index >= 15 is 0 Å². The molecule has 2 aromatic rings. The van der Waals surface area contributed by atoms with Gasteiger partial charge in [0.2, 0.25) is 11.5 Å². The molecule has 1 aliphatic heterocycles. The Bertz CT molecular complexity index is 677.